The van der Waals surface area contributed by atoms with Crippen LogP contribution in [0.25, 0.3) is 0 Å². The van der Waals surface area contributed by atoms with Crippen LogP contribution in [0.1, 0.15) is 26.7 Å². The van der Waals surface area contributed by atoms with Gasteiger partial charge in [-0.1, -0.05) is 12.2 Å². The van der Waals surface area contributed by atoms with Gasteiger partial charge in [-0.05, 0) is 45.1 Å². The number of carbonyl (C=O) groups is 2. The number of rotatable bonds is 10. The van der Waals surface area contributed by atoms with Gasteiger partial charge in [-0.2, -0.15) is 7.77 Å². The van der Waals surface area contributed by atoms with Crippen molar-refractivity contribution in [2.75, 3.05) is 51.3 Å². The van der Waals surface area contributed by atoms with Crippen molar-refractivity contribution >= 4 is 82.8 Å². The molecule has 0 bridgehead atoms. The summed E-state index contributed by atoms with van der Waals surface area (Å²) in [6.07, 6.45) is 1.91. The van der Waals surface area contributed by atoms with Crippen molar-refractivity contribution < 1.29 is 87.4 Å². The predicted molar refractivity (Wildman–Crippen MR) is 239 cm³/mol. The number of nitrogens with one attached hydrogen (secondary N) is 4. The second kappa shape index (κ2) is 30.2. The number of amides is 2. The van der Waals surface area contributed by atoms with E-state index >= 15 is 0 Å². The van der Waals surface area contributed by atoms with Crippen molar-refractivity contribution in [1.82, 2.24) is 21.3 Å². The van der Waals surface area contributed by atoms with E-state index < -0.39 is 94.6 Å². The molecule has 62 heavy (non-hydrogen) atoms. The summed E-state index contributed by atoms with van der Waals surface area (Å²) in [4.78, 5) is 25.8. The van der Waals surface area contributed by atoms with Gasteiger partial charge in [0.25, 0.3) is 0 Å². The fourth-order valence-electron chi connectivity index (χ4n) is 8.02. The van der Waals surface area contributed by atoms with Crippen LogP contribution in [0.15, 0.2) is 12.2 Å². The predicted octanol–water partition coefficient (Wildman–Crippen LogP) is 0.764. The molecule has 0 saturated carbocycles. The molecule has 0 aromatic heterocycles. The van der Waals surface area contributed by atoms with Crippen molar-refractivity contribution in [3.8, 4) is 0 Å². The first-order valence-corrected chi connectivity index (χ1v) is 25.2. The van der Waals surface area contributed by atoms with Crippen LogP contribution in [-0.4, -0.2) is 201 Å². The normalized spacial score (nSPS) is 39.0. The number of aliphatic hydroxyl groups excluding tert-OH is 6. The third-order valence-corrected chi connectivity index (χ3v) is 13.3. The van der Waals surface area contributed by atoms with E-state index in [0.29, 0.717) is 25.7 Å². The van der Waals surface area contributed by atoms with Crippen LogP contribution in [0.4, 0.5) is 7.77 Å². The minimum atomic E-state index is -1.39. The summed E-state index contributed by atoms with van der Waals surface area (Å²) in [5.41, 5.74) is -1.46. The Labute approximate surface area is 405 Å². The molecule has 20 atom stereocenters. The number of hydrogen-bond acceptors (Lipinski definition) is 18. The molecule has 5 fully saturated rings. The zero-order valence-corrected chi connectivity index (χ0v) is 41.9. The van der Waals surface area contributed by atoms with Crippen LogP contribution in [0.5, 0.6) is 0 Å². The van der Waals surface area contributed by atoms with Gasteiger partial charge in [0, 0.05) is 82.8 Å². The number of alkyl halides is 2. The van der Waals surface area contributed by atoms with Crippen LogP contribution >= 0.6 is 71.0 Å². The van der Waals surface area contributed by atoms with Crippen LogP contribution in [-0.2, 0) is 49.0 Å². The summed E-state index contributed by atoms with van der Waals surface area (Å²) in [6, 6.07) is -2.52. The Kier molecular flexibility index (Phi) is 29.6. The third-order valence-electron chi connectivity index (χ3n) is 11.1. The zero-order chi connectivity index (χ0) is 44.8. The van der Waals surface area contributed by atoms with E-state index in [-0.39, 0.29) is 82.1 Å². The van der Waals surface area contributed by atoms with Gasteiger partial charge < -0.3 is 78.3 Å². The van der Waals surface area contributed by atoms with E-state index in [1.807, 2.05) is 12.2 Å². The monoisotopic (exact) mass is 1100 g/mol. The molecule has 2 amide bonds. The van der Waals surface area contributed by atoms with Gasteiger partial charge in [0.1, 0.15) is 71.8 Å². The topological polar surface area (TPSA) is 241 Å². The third kappa shape index (κ3) is 15.9. The van der Waals surface area contributed by atoms with Gasteiger partial charge in [-0.15, -0.1) is 46.7 Å². The van der Waals surface area contributed by atoms with Crippen LogP contribution in [0.3, 0.4) is 0 Å². The molecule has 0 aromatic rings. The smallest absolute Gasteiger partial charge is 0.240 e. The molecule has 368 valence electrons. The quantitative estimate of drug-likeness (QED) is 0.0629. The molecule has 6 rings (SSSR count). The Hall–Kier alpha value is 0.702. The largest absolute Gasteiger partial charge is 0.388 e. The van der Waals surface area contributed by atoms with E-state index in [1.54, 1.807) is 26.4 Å². The Morgan fingerprint density at radius 1 is 0.726 bits per heavy atom. The summed E-state index contributed by atoms with van der Waals surface area (Å²) in [7, 11) is 0. The number of ether oxygens (including phenoxy) is 4. The number of halogens is 4. The van der Waals surface area contributed by atoms with Crippen LogP contribution in [0, 0.1) is 19.3 Å². The number of thioether (sulfide) groups is 2. The van der Waals surface area contributed by atoms with E-state index in [0.717, 1.165) is 19.4 Å². The van der Waals surface area contributed by atoms with Gasteiger partial charge in [-0.3, -0.25) is 9.59 Å². The molecule has 10 N–H and O–H groups in total. The fraction of sp³-hybridized carbons (Fsp3) is 0.865. The maximum Gasteiger partial charge on any atom is 0.240 e. The summed E-state index contributed by atoms with van der Waals surface area (Å²) in [5, 5.41) is 72.1. The molecular formula is C37H65Cl2F2N4O12PdS4-. The Balaban J connectivity index is 0.000000535. The molecule has 5 saturated heterocycles. The molecule has 6 heterocycles. The van der Waals surface area contributed by atoms with Crippen molar-refractivity contribution in [3.05, 3.63) is 19.6 Å². The molecule has 4 unspecified atom stereocenters. The Morgan fingerprint density at radius 2 is 1.16 bits per heavy atom. The molecule has 16 nitrogen and oxygen atoms in total. The molecular weight excluding hydrogens is 1040 g/mol. The maximum atomic E-state index is 12.9. The van der Waals surface area contributed by atoms with Gasteiger partial charge in [0.05, 0.1) is 41.7 Å². The van der Waals surface area contributed by atoms with Crippen LogP contribution in [0.2, 0.25) is 0 Å². The average Bonchev–Trinajstić information content (AvgIpc) is 3.87. The molecule has 0 aliphatic carbocycles. The second-order valence-corrected chi connectivity index (χ2v) is 18.9. The first-order chi connectivity index (χ1) is 28.5. The first kappa shape index (κ1) is 60.7. The minimum absolute atomic E-state index is 0. The Morgan fingerprint density at radius 3 is 1.60 bits per heavy atom. The summed E-state index contributed by atoms with van der Waals surface area (Å²) in [5.74, 6) is -0.113. The molecule has 6 aliphatic rings. The van der Waals surface area contributed by atoms with Crippen LogP contribution < -0.4 is 21.3 Å². The van der Waals surface area contributed by atoms with E-state index in [4.69, 9.17) is 42.1 Å². The van der Waals surface area contributed by atoms with Crippen molar-refractivity contribution in [2.45, 2.75) is 134 Å². The molecule has 0 aromatic carbocycles. The number of hydrogen-bond donors (Lipinski definition) is 10. The first-order valence-electron chi connectivity index (χ1n) is 19.5. The van der Waals surface area contributed by atoms with Gasteiger partial charge in [0.15, 0.2) is 0 Å². The zero-order valence-electron chi connectivity index (χ0n) is 35.5. The summed E-state index contributed by atoms with van der Waals surface area (Å²) < 4.78 is 43.5. The molecule has 0 spiro atoms. The summed E-state index contributed by atoms with van der Waals surface area (Å²) >= 11 is 15.5. The average molecular weight is 1100 g/mol. The van der Waals surface area contributed by atoms with Crippen molar-refractivity contribution in [3.63, 3.8) is 0 Å². The van der Waals surface area contributed by atoms with Crippen molar-refractivity contribution in [1.29, 1.82) is 0 Å². The Bertz CT molecular complexity index is 1340. The SMILES string of the molecule is CSC1O[C@H]([C@H](NC(=O)[C@H]2NC[C@@H]3C=CCO[C@@H]23)[C@H](C)Cl)C(O)[C@@H](O)[C@H]1O.CSC1O[C@H]([C@H](NC(=O)[C@H]2NC[C@@H]3CCCO[C@H]32)[C@H](C)Cl)C(O)[C@@H](O)[C@H]1O.CSF.CSF.[CH3-].[Pd]. The van der Waals surface area contributed by atoms with E-state index in [2.05, 4.69) is 21.3 Å². The molecule has 6 aliphatic heterocycles. The maximum absolute atomic E-state index is 12.9. The number of carbonyl (C=O) groups excluding carboxylic acids is 2. The van der Waals surface area contributed by atoms with Gasteiger partial charge in [0.2, 0.25) is 11.8 Å². The minimum Gasteiger partial charge on any atom is -0.388 e. The second-order valence-electron chi connectivity index (χ2n) is 15.0. The van der Waals surface area contributed by atoms with Gasteiger partial charge >= 0.3 is 0 Å². The van der Waals surface area contributed by atoms with E-state index in [9.17, 15) is 48.0 Å². The summed E-state index contributed by atoms with van der Waals surface area (Å²) in [6.45, 7) is 5.85. The molecule has 0 radical (unpaired) electrons. The van der Waals surface area contributed by atoms with E-state index in [1.165, 1.54) is 36.0 Å². The fourth-order valence-corrected chi connectivity index (χ4v) is 9.79. The number of aliphatic hydroxyl groups is 6. The van der Waals surface area contributed by atoms with Crippen molar-refractivity contribution in [2.24, 2.45) is 11.8 Å². The molecule has 25 heteroatoms. The number of fused-ring (bicyclic) bond motifs is 2. The standard InChI is InChI=1S/C17H29ClN2O6S.C17H27ClN2O6S.2CH3FS.CH3.Pd/c2*1-7(18)9(15-12(22)11(21)13(23)17(26-15)27-2)20-16(24)10-14-8(6-19-10)4-3-5-25-14;2*1-3-2;;/h7-15,17,19,21-23H,3-6H2,1-2H3,(H,20,24);3-4,7-15,17,19,21-23H,5-6H2,1-2H3,(H,20,24);2*1H3;1H3;/q;;;;-1;/t2*7-,8-,9+,10-,11+,12?,13+,14+,15+,17?;;;;/m00..../s1. The van der Waals surface area contributed by atoms with Gasteiger partial charge in [-0.25, -0.2) is 0 Å².